The molecule has 1 aliphatic heterocycles. The molecule has 0 aromatic carbocycles. The second-order valence-corrected chi connectivity index (χ2v) is 3.59. The second kappa shape index (κ2) is 4.44. The second-order valence-electron chi connectivity index (χ2n) is 3.59. The van der Waals surface area contributed by atoms with Crippen LogP contribution in [0, 0.1) is 11.3 Å². The predicted molar refractivity (Wildman–Crippen MR) is 48.7 cm³/mol. The van der Waals surface area contributed by atoms with E-state index in [0.29, 0.717) is 18.5 Å². The third kappa shape index (κ3) is 2.47. The summed E-state index contributed by atoms with van der Waals surface area (Å²) in [5, 5.41) is 11.9. The van der Waals surface area contributed by atoms with Gasteiger partial charge in [-0.05, 0) is 26.9 Å². The van der Waals surface area contributed by atoms with Gasteiger partial charge in [-0.1, -0.05) is 0 Å². The Morgan fingerprint density at radius 3 is 3.08 bits per heavy atom. The molecule has 2 atom stereocenters. The van der Waals surface area contributed by atoms with Crippen LogP contribution < -0.4 is 5.32 Å². The van der Waals surface area contributed by atoms with E-state index in [1.54, 1.807) is 0 Å². The molecule has 12 heavy (non-hydrogen) atoms. The molecule has 3 heteroatoms. The van der Waals surface area contributed by atoms with Gasteiger partial charge in [0, 0.05) is 18.6 Å². The van der Waals surface area contributed by atoms with Gasteiger partial charge >= 0.3 is 0 Å². The normalized spacial score (nSPS) is 32.4. The van der Waals surface area contributed by atoms with E-state index in [0.717, 1.165) is 13.1 Å². The highest BCUT2D eigenvalue weighted by molar-refractivity contribution is 4.86. The molecular weight excluding hydrogens is 150 g/mol. The fourth-order valence-corrected chi connectivity index (χ4v) is 1.56. The van der Waals surface area contributed by atoms with Crippen molar-refractivity contribution in [3.05, 3.63) is 0 Å². The highest BCUT2D eigenvalue weighted by Gasteiger charge is 2.18. The average Bonchev–Trinajstić information content (AvgIpc) is 2.16. The molecular formula is C9H17N3. The van der Waals surface area contributed by atoms with Crippen LogP contribution in [-0.4, -0.2) is 37.1 Å². The lowest BCUT2D eigenvalue weighted by atomic mass is 10.2. The molecule has 1 rings (SSSR count). The summed E-state index contributed by atoms with van der Waals surface area (Å²) < 4.78 is 0. The van der Waals surface area contributed by atoms with Crippen molar-refractivity contribution < 1.29 is 0 Å². The summed E-state index contributed by atoms with van der Waals surface area (Å²) in [6, 6.07) is 3.22. The van der Waals surface area contributed by atoms with Gasteiger partial charge in [-0.3, -0.25) is 0 Å². The minimum absolute atomic E-state index is 0.366. The molecule has 3 nitrogen and oxygen atoms in total. The maximum atomic E-state index is 8.55. The fourth-order valence-electron chi connectivity index (χ4n) is 1.56. The van der Waals surface area contributed by atoms with E-state index >= 15 is 0 Å². The van der Waals surface area contributed by atoms with Gasteiger partial charge in [0.2, 0.25) is 0 Å². The molecule has 1 fully saturated rings. The van der Waals surface area contributed by atoms with Crippen LogP contribution in [0.2, 0.25) is 0 Å². The van der Waals surface area contributed by atoms with Crippen LogP contribution in [0.3, 0.4) is 0 Å². The Bertz CT molecular complexity index is 173. The van der Waals surface area contributed by atoms with Crippen LogP contribution in [0.1, 0.15) is 19.8 Å². The van der Waals surface area contributed by atoms with Crippen molar-refractivity contribution in [1.82, 2.24) is 10.2 Å². The Hall–Kier alpha value is -0.590. The molecule has 0 spiro atoms. The van der Waals surface area contributed by atoms with Gasteiger partial charge in [-0.15, -0.1) is 0 Å². The largest absolute Gasteiger partial charge is 0.312 e. The Kier molecular flexibility index (Phi) is 3.51. The first-order valence-electron chi connectivity index (χ1n) is 4.54. The topological polar surface area (TPSA) is 39.1 Å². The highest BCUT2D eigenvalue weighted by Crippen LogP contribution is 2.07. The lowest BCUT2D eigenvalue weighted by Crippen LogP contribution is -2.37. The van der Waals surface area contributed by atoms with Crippen molar-refractivity contribution in [3.63, 3.8) is 0 Å². The molecule has 0 aliphatic carbocycles. The average molecular weight is 167 g/mol. The number of nitrogens with zero attached hydrogens (tertiary/aromatic N) is 2. The zero-order valence-corrected chi connectivity index (χ0v) is 7.88. The molecule has 0 bridgehead atoms. The molecule has 0 aromatic rings. The Morgan fingerprint density at radius 2 is 2.42 bits per heavy atom. The van der Waals surface area contributed by atoms with Gasteiger partial charge < -0.3 is 10.2 Å². The Morgan fingerprint density at radius 1 is 1.67 bits per heavy atom. The van der Waals surface area contributed by atoms with E-state index < -0.39 is 0 Å². The third-order valence-electron chi connectivity index (χ3n) is 2.59. The maximum absolute atomic E-state index is 8.55. The van der Waals surface area contributed by atoms with Crippen LogP contribution >= 0.6 is 0 Å². The van der Waals surface area contributed by atoms with E-state index in [2.05, 4.69) is 30.3 Å². The van der Waals surface area contributed by atoms with E-state index in [4.69, 9.17) is 5.26 Å². The summed E-state index contributed by atoms with van der Waals surface area (Å²) in [6.07, 6.45) is 1.80. The molecule has 0 saturated carbocycles. The molecule has 1 aliphatic rings. The number of hydrogen-bond acceptors (Lipinski definition) is 3. The quantitative estimate of drug-likeness (QED) is 0.621. The fraction of sp³-hybridized carbons (Fsp3) is 0.889. The third-order valence-corrected chi connectivity index (χ3v) is 2.59. The smallest absolute Gasteiger partial charge is 0.0638 e. The zero-order chi connectivity index (χ0) is 8.97. The molecule has 1 saturated heterocycles. The van der Waals surface area contributed by atoms with Crippen molar-refractivity contribution >= 4 is 0 Å². The number of nitriles is 1. The van der Waals surface area contributed by atoms with Crippen molar-refractivity contribution in [2.75, 3.05) is 20.1 Å². The van der Waals surface area contributed by atoms with Crippen molar-refractivity contribution in [1.29, 1.82) is 5.26 Å². The van der Waals surface area contributed by atoms with Crippen molar-refractivity contribution in [3.8, 4) is 6.07 Å². The molecule has 0 aromatic heterocycles. The van der Waals surface area contributed by atoms with Crippen molar-refractivity contribution in [2.24, 2.45) is 0 Å². The first kappa shape index (κ1) is 9.50. The summed E-state index contributed by atoms with van der Waals surface area (Å²) >= 11 is 0. The lowest BCUT2D eigenvalue weighted by Gasteiger charge is -2.23. The molecule has 0 amide bonds. The van der Waals surface area contributed by atoms with Gasteiger partial charge in [-0.25, -0.2) is 0 Å². The van der Waals surface area contributed by atoms with Crippen LogP contribution in [0.4, 0.5) is 0 Å². The van der Waals surface area contributed by atoms with Gasteiger partial charge in [0.25, 0.3) is 0 Å². The molecule has 1 N–H and O–H groups in total. The van der Waals surface area contributed by atoms with Gasteiger partial charge in [0.1, 0.15) is 0 Å². The summed E-state index contributed by atoms with van der Waals surface area (Å²) in [6.45, 7) is 4.27. The summed E-state index contributed by atoms with van der Waals surface area (Å²) in [4.78, 5) is 2.32. The Balaban J connectivity index is 2.43. The monoisotopic (exact) mass is 167 g/mol. The number of nitrogens with one attached hydrogen (secondary N) is 1. The number of rotatable bonds is 1. The molecule has 68 valence electrons. The van der Waals surface area contributed by atoms with Gasteiger partial charge in [0.15, 0.2) is 0 Å². The lowest BCUT2D eigenvalue weighted by molar-refractivity contribution is 0.253. The first-order valence-corrected chi connectivity index (χ1v) is 4.54. The first-order chi connectivity index (χ1) is 5.74. The van der Waals surface area contributed by atoms with Gasteiger partial charge in [-0.2, -0.15) is 5.26 Å². The van der Waals surface area contributed by atoms with E-state index in [-0.39, 0.29) is 0 Å². The molecule has 1 heterocycles. The van der Waals surface area contributed by atoms with Crippen LogP contribution in [-0.2, 0) is 0 Å². The van der Waals surface area contributed by atoms with Crippen molar-refractivity contribution in [2.45, 2.75) is 31.8 Å². The Labute approximate surface area is 74.4 Å². The standard InChI is InChI=1S/C9H17N3/c1-8-4-6-11-9(3-5-10)7-12(8)2/h8-9,11H,3-4,6-7H2,1-2H3. The number of likely N-dealkylation sites (N-methyl/N-ethyl adjacent to an activating group) is 1. The summed E-state index contributed by atoms with van der Waals surface area (Å²) in [7, 11) is 2.13. The SMILES string of the molecule is CC1CCNC(CC#N)CN1C. The predicted octanol–water partition coefficient (Wildman–Crippen LogP) is 0.582. The van der Waals surface area contributed by atoms with E-state index in [1.165, 1.54) is 6.42 Å². The van der Waals surface area contributed by atoms with E-state index in [9.17, 15) is 0 Å². The van der Waals surface area contributed by atoms with Crippen LogP contribution in [0.25, 0.3) is 0 Å². The maximum Gasteiger partial charge on any atom is 0.0638 e. The van der Waals surface area contributed by atoms with Crippen LogP contribution in [0.15, 0.2) is 0 Å². The van der Waals surface area contributed by atoms with Gasteiger partial charge in [0.05, 0.1) is 12.5 Å². The molecule has 0 radical (unpaired) electrons. The highest BCUT2D eigenvalue weighted by atomic mass is 15.2. The minimum Gasteiger partial charge on any atom is -0.312 e. The number of hydrogen-bond donors (Lipinski definition) is 1. The summed E-state index contributed by atoms with van der Waals surface area (Å²) in [5.41, 5.74) is 0. The zero-order valence-electron chi connectivity index (χ0n) is 7.88. The summed E-state index contributed by atoms with van der Waals surface area (Å²) in [5.74, 6) is 0. The van der Waals surface area contributed by atoms with E-state index in [1.807, 2.05) is 0 Å². The molecule has 2 unspecified atom stereocenters. The minimum atomic E-state index is 0.366. The van der Waals surface area contributed by atoms with Crippen LogP contribution in [0.5, 0.6) is 0 Å².